The molecule has 126 valence electrons. The van der Waals surface area contributed by atoms with Crippen molar-refractivity contribution >= 4 is 6.09 Å². The van der Waals surface area contributed by atoms with Crippen LogP contribution in [-0.2, 0) is 6.54 Å². The van der Waals surface area contributed by atoms with E-state index >= 15 is 0 Å². The Morgan fingerprint density at radius 2 is 1.77 bits per heavy atom. The summed E-state index contributed by atoms with van der Waals surface area (Å²) in [6, 6.07) is 6.54. The number of halogens is 1. The van der Waals surface area contributed by atoms with Gasteiger partial charge in [-0.1, -0.05) is 6.07 Å². The molecule has 22 heavy (non-hydrogen) atoms. The minimum atomic E-state index is -0.412. The van der Waals surface area contributed by atoms with Crippen molar-refractivity contribution in [3.63, 3.8) is 0 Å². The van der Waals surface area contributed by atoms with Gasteiger partial charge in [-0.15, -0.1) is 0 Å². The molecule has 1 heterocycles. The second-order valence-electron chi connectivity index (χ2n) is 6.42. The van der Waals surface area contributed by atoms with Crippen LogP contribution < -0.4 is 21.7 Å². The number of hydrogen-bond donors (Lipinski definition) is 0. The van der Waals surface area contributed by atoms with E-state index in [4.69, 9.17) is 4.74 Å². The van der Waals surface area contributed by atoms with Crippen molar-refractivity contribution in [1.29, 1.82) is 0 Å². The van der Waals surface area contributed by atoms with Gasteiger partial charge in [0, 0.05) is 20.2 Å². The van der Waals surface area contributed by atoms with Gasteiger partial charge in [0.15, 0.2) is 0 Å². The third-order valence-electron chi connectivity index (χ3n) is 4.20. The second-order valence-corrected chi connectivity index (χ2v) is 6.42. The second kappa shape index (κ2) is 8.48. The number of carbonyl (C=O) groups is 1. The molecule has 0 aromatic carbocycles. The Hall–Kier alpha value is -1.14. The van der Waals surface area contributed by atoms with Gasteiger partial charge in [-0.05, 0) is 33.8 Å². The smallest absolute Gasteiger partial charge is 0.416 e. The van der Waals surface area contributed by atoms with Crippen LogP contribution in [0.25, 0.3) is 0 Å². The van der Waals surface area contributed by atoms with Gasteiger partial charge in [0.25, 0.3) is 0 Å². The Morgan fingerprint density at radius 1 is 1.23 bits per heavy atom. The molecule has 1 aromatic rings. The highest BCUT2D eigenvalue weighted by atomic mass is 79.9. The molecule has 0 aliphatic heterocycles. The molecule has 6 heteroatoms. The third kappa shape index (κ3) is 5.25. The molecule has 0 aliphatic rings. The summed E-state index contributed by atoms with van der Waals surface area (Å²) in [4.78, 5) is 17.4. The largest absolute Gasteiger partial charge is 1.00 e. The lowest BCUT2D eigenvalue weighted by molar-refractivity contribution is -0.961. The molecule has 5 nitrogen and oxygen atoms in total. The lowest BCUT2D eigenvalue weighted by Gasteiger charge is -2.42. The summed E-state index contributed by atoms with van der Waals surface area (Å²) in [6.45, 7) is 9.68. The molecule has 0 spiro atoms. The average molecular weight is 374 g/mol. The highest BCUT2D eigenvalue weighted by Gasteiger charge is 2.30. The van der Waals surface area contributed by atoms with Crippen molar-refractivity contribution in [2.45, 2.75) is 46.3 Å². The quantitative estimate of drug-likeness (QED) is 0.677. The van der Waals surface area contributed by atoms with Gasteiger partial charge in [-0.3, -0.25) is 0 Å². The third-order valence-corrected chi connectivity index (χ3v) is 4.20. The summed E-state index contributed by atoms with van der Waals surface area (Å²) >= 11 is 0. The van der Waals surface area contributed by atoms with Crippen molar-refractivity contribution in [3.8, 4) is 5.88 Å². The molecule has 0 N–H and O–H groups in total. The number of amides is 1. The van der Waals surface area contributed by atoms with Crippen LogP contribution in [0.2, 0.25) is 0 Å². The number of quaternary nitrogens is 1. The van der Waals surface area contributed by atoms with Crippen molar-refractivity contribution in [2.24, 2.45) is 0 Å². The van der Waals surface area contributed by atoms with E-state index in [0.717, 1.165) is 16.7 Å². The number of hydrogen-bond acceptors (Lipinski definition) is 3. The average Bonchev–Trinajstić information content (AvgIpc) is 2.38. The number of aromatic nitrogens is 1. The SMILES string of the molecule is CC(C)[N+](C)(Cc1cccc(OC(=O)N(C)C)n1)C(C)C.[Br-]. The van der Waals surface area contributed by atoms with Crippen molar-refractivity contribution in [1.82, 2.24) is 9.88 Å². The van der Waals surface area contributed by atoms with Crippen molar-refractivity contribution < 1.29 is 31.0 Å². The van der Waals surface area contributed by atoms with Crippen LogP contribution in [0, 0.1) is 0 Å². The first-order valence-electron chi connectivity index (χ1n) is 7.36. The topological polar surface area (TPSA) is 42.4 Å². The lowest BCUT2D eigenvalue weighted by atomic mass is 10.1. The van der Waals surface area contributed by atoms with E-state index in [-0.39, 0.29) is 17.0 Å². The fraction of sp³-hybridized carbons (Fsp3) is 0.625. The molecule has 1 aromatic heterocycles. The van der Waals surface area contributed by atoms with Crippen molar-refractivity contribution in [2.75, 3.05) is 21.1 Å². The maximum Gasteiger partial charge on any atom is 0.416 e. The van der Waals surface area contributed by atoms with Gasteiger partial charge in [0.05, 0.1) is 24.8 Å². The zero-order chi connectivity index (χ0) is 16.2. The summed E-state index contributed by atoms with van der Waals surface area (Å²) < 4.78 is 6.11. The molecule has 0 fully saturated rings. The van der Waals surface area contributed by atoms with Crippen molar-refractivity contribution in [3.05, 3.63) is 23.9 Å². The summed E-state index contributed by atoms with van der Waals surface area (Å²) in [6.07, 6.45) is -0.412. The number of nitrogens with zero attached hydrogens (tertiary/aromatic N) is 3. The number of rotatable bonds is 5. The van der Waals surface area contributed by atoms with E-state index in [2.05, 4.69) is 39.7 Å². The highest BCUT2D eigenvalue weighted by molar-refractivity contribution is 5.69. The maximum atomic E-state index is 11.6. The summed E-state index contributed by atoms with van der Waals surface area (Å²) in [5.74, 6) is 0.352. The van der Waals surface area contributed by atoms with Crippen LogP contribution in [-0.4, -0.2) is 53.7 Å². The van der Waals surface area contributed by atoms with Gasteiger partial charge in [-0.25, -0.2) is 9.78 Å². The van der Waals surface area contributed by atoms with Crippen LogP contribution in [0.4, 0.5) is 4.79 Å². The number of carbonyl (C=O) groups excluding carboxylic acids is 1. The number of pyridine rings is 1. The van der Waals surface area contributed by atoms with E-state index in [1.807, 2.05) is 12.1 Å². The molecule has 1 amide bonds. The molecule has 0 saturated heterocycles. The minimum absolute atomic E-state index is 0. The van der Waals surface area contributed by atoms with Gasteiger partial charge in [0.1, 0.15) is 6.54 Å². The highest BCUT2D eigenvalue weighted by Crippen LogP contribution is 2.21. The van der Waals surface area contributed by atoms with E-state index in [0.29, 0.717) is 18.0 Å². The Balaban J connectivity index is 0.00000441. The van der Waals surface area contributed by atoms with Crippen LogP contribution in [0.15, 0.2) is 18.2 Å². The fourth-order valence-electron chi connectivity index (χ4n) is 2.09. The van der Waals surface area contributed by atoms with Crippen LogP contribution in [0.3, 0.4) is 0 Å². The first-order chi connectivity index (χ1) is 9.66. The van der Waals surface area contributed by atoms with E-state index in [1.54, 1.807) is 20.2 Å². The fourth-order valence-corrected chi connectivity index (χ4v) is 2.09. The Kier molecular flexibility index (Phi) is 8.04. The molecule has 0 saturated carbocycles. The minimum Gasteiger partial charge on any atom is -1.00 e. The summed E-state index contributed by atoms with van der Waals surface area (Å²) in [7, 11) is 5.53. The zero-order valence-corrected chi connectivity index (χ0v) is 16.2. The predicted octanol–water partition coefficient (Wildman–Crippen LogP) is -0.0906. The molecule has 0 atom stereocenters. The summed E-state index contributed by atoms with van der Waals surface area (Å²) in [5.41, 5.74) is 0.934. The molecular weight excluding hydrogens is 346 g/mol. The Labute approximate surface area is 144 Å². The molecule has 0 aliphatic carbocycles. The maximum absolute atomic E-state index is 11.6. The molecule has 0 radical (unpaired) electrons. The van der Waals surface area contributed by atoms with Gasteiger partial charge < -0.3 is 31.1 Å². The normalized spacial score (nSPS) is 11.3. The molecule has 0 unspecified atom stereocenters. The zero-order valence-electron chi connectivity index (χ0n) is 14.6. The first-order valence-corrected chi connectivity index (χ1v) is 7.36. The standard InChI is InChI=1S/C16H28N3O2.BrH/c1-12(2)19(7,13(3)4)11-14-9-8-10-15(17-14)21-16(20)18(5)6;/h8-10,12-13H,11H2,1-7H3;1H/q+1;/p-1. The Morgan fingerprint density at radius 3 is 2.23 bits per heavy atom. The molecule has 0 bridgehead atoms. The Bertz CT molecular complexity index is 482. The van der Waals surface area contributed by atoms with E-state index in [1.165, 1.54) is 4.90 Å². The van der Waals surface area contributed by atoms with Crippen LogP contribution in [0.1, 0.15) is 33.4 Å². The summed E-state index contributed by atoms with van der Waals surface area (Å²) in [5, 5.41) is 0. The first kappa shape index (κ1) is 20.9. The monoisotopic (exact) mass is 373 g/mol. The van der Waals surface area contributed by atoms with Crippen LogP contribution in [0.5, 0.6) is 5.88 Å². The molecule has 1 rings (SSSR count). The molecular formula is C16H28BrN3O2. The van der Waals surface area contributed by atoms with Gasteiger partial charge in [-0.2, -0.15) is 0 Å². The van der Waals surface area contributed by atoms with Gasteiger partial charge >= 0.3 is 6.09 Å². The van der Waals surface area contributed by atoms with E-state index in [9.17, 15) is 4.79 Å². The predicted molar refractivity (Wildman–Crippen MR) is 84.1 cm³/mol. The van der Waals surface area contributed by atoms with Crippen LogP contribution >= 0.6 is 0 Å². The lowest BCUT2D eigenvalue weighted by Crippen LogP contribution is -3.00. The van der Waals surface area contributed by atoms with E-state index < -0.39 is 6.09 Å². The van der Waals surface area contributed by atoms with Gasteiger partial charge in [0.2, 0.25) is 5.88 Å². The number of ether oxygens (including phenoxy) is 1.